The van der Waals surface area contributed by atoms with E-state index in [0.29, 0.717) is 5.15 Å². The largest absolute Gasteiger partial charge is 0.271 e. The second-order valence-electron chi connectivity index (χ2n) is 4.02. The molecule has 3 N–H and O–H groups in total. The number of benzene rings is 1. The van der Waals surface area contributed by atoms with Crippen LogP contribution >= 0.6 is 23.2 Å². The molecule has 1 heterocycles. The summed E-state index contributed by atoms with van der Waals surface area (Å²) in [5.74, 6) is 5.61. The van der Waals surface area contributed by atoms with Crippen molar-refractivity contribution in [2.45, 2.75) is 13.0 Å². The average molecular weight is 282 g/mol. The third-order valence-electron chi connectivity index (χ3n) is 2.78. The molecule has 2 rings (SSSR count). The Morgan fingerprint density at radius 2 is 1.89 bits per heavy atom. The van der Waals surface area contributed by atoms with Crippen molar-refractivity contribution < 1.29 is 0 Å². The SMILES string of the molecule is Cc1ccc(C(NN)c2ccc(Cl)nc2)cc1Cl. The van der Waals surface area contributed by atoms with Crippen LogP contribution in [0, 0.1) is 6.92 Å². The Morgan fingerprint density at radius 3 is 2.44 bits per heavy atom. The molecule has 0 fully saturated rings. The Kier molecular flexibility index (Phi) is 4.19. The van der Waals surface area contributed by atoms with Crippen LogP contribution in [0.4, 0.5) is 0 Å². The van der Waals surface area contributed by atoms with E-state index in [1.165, 1.54) is 0 Å². The van der Waals surface area contributed by atoms with E-state index in [1.54, 1.807) is 12.3 Å². The topological polar surface area (TPSA) is 50.9 Å². The van der Waals surface area contributed by atoms with Crippen molar-refractivity contribution in [1.29, 1.82) is 0 Å². The number of nitrogens with two attached hydrogens (primary N) is 1. The molecule has 3 nitrogen and oxygen atoms in total. The van der Waals surface area contributed by atoms with Gasteiger partial charge in [0.25, 0.3) is 0 Å². The number of hydrazine groups is 1. The minimum atomic E-state index is -0.159. The average Bonchev–Trinajstić information content (AvgIpc) is 2.37. The molecule has 1 atom stereocenters. The van der Waals surface area contributed by atoms with Gasteiger partial charge in [-0.15, -0.1) is 0 Å². The molecule has 1 aromatic carbocycles. The molecule has 0 amide bonds. The second-order valence-corrected chi connectivity index (χ2v) is 4.82. The fraction of sp³-hybridized carbons (Fsp3) is 0.154. The predicted octanol–water partition coefficient (Wildman–Crippen LogP) is 3.25. The lowest BCUT2D eigenvalue weighted by molar-refractivity contribution is 0.634. The van der Waals surface area contributed by atoms with Crippen molar-refractivity contribution in [1.82, 2.24) is 10.4 Å². The van der Waals surface area contributed by atoms with E-state index in [4.69, 9.17) is 29.0 Å². The number of rotatable bonds is 3. The molecule has 94 valence electrons. The zero-order valence-corrected chi connectivity index (χ0v) is 11.3. The molecule has 0 radical (unpaired) electrons. The minimum Gasteiger partial charge on any atom is -0.271 e. The first kappa shape index (κ1) is 13.3. The fourth-order valence-corrected chi connectivity index (χ4v) is 2.03. The number of pyridine rings is 1. The Bertz CT molecular complexity index is 540. The van der Waals surface area contributed by atoms with Crippen LogP contribution in [0.2, 0.25) is 10.2 Å². The molecule has 0 aliphatic carbocycles. The quantitative estimate of drug-likeness (QED) is 0.516. The number of aromatic nitrogens is 1. The summed E-state index contributed by atoms with van der Waals surface area (Å²) in [4.78, 5) is 4.05. The van der Waals surface area contributed by atoms with Crippen LogP contribution in [-0.2, 0) is 0 Å². The van der Waals surface area contributed by atoms with Gasteiger partial charge in [0.15, 0.2) is 0 Å². The maximum Gasteiger partial charge on any atom is 0.129 e. The normalized spacial score (nSPS) is 12.4. The van der Waals surface area contributed by atoms with E-state index in [-0.39, 0.29) is 6.04 Å². The number of nitrogens with one attached hydrogen (secondary N) is 1. The second kappa shape index (κ2) is 5.67. The van der Waals surface area contributed by atoms with Crippen LogP contribution in [0.1, 0.15) is 22.7 Å². The van der Waals surface area contributed by atoms with Crippen molar-refractivity contribution in [2.24, 2.45) is 5.84 Å². The lowest BCUT2D eigenvalue weighted by Crippen LogP contribution is -2.28. The summed E-state index contributed by atoms with van der Waals surface area (Å²) in [5, 5.41) is 1.17. The molecule has 0 aliphatic heterocycles. The van der Waals surface area contributed by atoms with Crippen molar-refractivity contribution >= 4 is 23.2 Å². The van der Waals surface area contributed by atoms with Gasteiger partial charge in [0, 0.05) is 11.2 Å². The van der Waals surface area contributed by atoms with E-state index < -0.39 is 0 Å². The van der Waals surface area contributed by atoms with Gasteiger partial charge in [-0.2, -0.15) is 0 Å². The highest BCUT2D eigenvalue weighted by Gasteiger charge is 2.13. The zero-order chi connectivity index (χ0) is 13.1. The van der Waals surface area contributed by atoms with Gasteiger partial charge in [-0.3, -0.25) is 5.84 Å². The molecule has 0 bridgehead atoms. The Labute approximate surface area is 116 Å². The summed E-state index contributed by atoms with van der Waals surface area (Å²) in [6.07, 6.45) is 1.70. The summed E-state index contributed by atoms with van der Waals surface area (Å²) in [6, 6.07) is 9.31. The Balaban J connectivity index is 2.38. The molecule has 1 aromatic heterocycles. The van der Waals surface area contributed by atoms with E-state index in [0.717, 1.165) is 21.7 Å². The third kappa shape index (κ3) is 2.82. The number of hydrogen-bond donors (Lipinski definition) is 2. The van der Waals surface area contributed by atoms with E-state index in [1.807, 2.05) is 31.2 Å². The summed E-state index contributed by atoms with van der Waals surface area (Å²) in [7, 11) is 0. The fourth-order valence-electron chi connectivity index (χ4n) is 1.73. The van der Waals surface area contributed by atoms with Gasteiger partial charge in [-0.05, 0) is 35.7 Å². The summed E-state index contributed by atoms with van der Waals surface area (Å²) in [5.41, 5.74) is 5.71. The van der Waals surface area contributed by atoms with E-state index in [2.05, 4.69) is 10.4 Å². The Morgan fingerprint density at radius 1 is 1.17 bits per heavy atom. The maximum atomic E-state index is 6.12. The molecule has 5 heteroatoms. The van der Waals surface area contributed by atoms with E-state index >= 15 is 0 Å². The van der Waals surface area contributed by atoms with Gasteiger partial charge in [-0.25, -0.2) is 10.4 Å². The first-order valence-electron chi connectivity index (χ1n) is 5.45. The summed E-state index contributed by atoms with van der Waals surface area (Å²) < 4.78 is 0. The molecular weight excluding hydrogens is 269 g/mol. The number of hydrogen-bond acceptors (Lipinski definition) is 3. The van der Waals surface area contributed by atoms with Crippen molar-refractivity contribution in [3.8, 4) is 0 Å². The smallest absolute Gasteiger partial charge is 0.129 e. The third-order valence-corrected chi connectivity index (χ3v) is 3.41. The molecule has 0 saturated carbocycles. The van der Waals surface area contributed by atoms with Gasteiger partial charge in [0.2, 0.25) is 0 Å². The Hall–Kier alpha value is -1.13. The highest BCUT2D eigenvalue weighted by molar-refractivity contribution is 6.31. The highest BCUT2D eigenvalue weighted by Crippen LogP contribution is 2.25. The first-order valence-corrected chi connectivity index (χ1v) is 6.21. The zero-order valence-electron chi connectivity index (χ0n) is 9.82. The van der Waals surface area contributed by atoms with Gasteiger partial charge < -0.3 is 0 Å². The number of nitrogens with zero attached hydrogens (tertiary/aromatic N) is 1. The van der Waals surface area contributed by atoms with Crippen LogP contribution in [0.5, 0.6) is 0 Å². The van der Waals surface area contributed by atoms with Crippen LogP contribution in [0.25, 0.3) is 0 Å². The molecule has 0 saturated heterocycles. The van der Waals surface area contributed by atoms with Gasteiger partial charge in [0.05, 0.1) is 6.04 Å². The molecule has 1 unspecified atom stereocenters. The van der Waals surface area contributed by atoms with Gasteiger partial charge in [0.1, 0.15) is 5.15 Å². The van der Waals surface area contributed by atoms with Crippen LogP contribution < -0.4 is 11.3 Å². The minimum absolute atomic E-state index is 0.159. The van der Waals surface area contributed by atoms with E-state index in [9.17, 15) is 0 Å². The van der Waals surface area contributed by atoms with Gasteiger partial charge in [-0.1, -0.05) is 41.4 Å². The number of halogens is 2. The van der Waals surface area contributed by atoms with Crippen molar-refractivity contribution in [2.75, 3.05) is 0 Å². The maximum absolute atomic E-state index is 6.12. The van der Waals surface area contributed by atoms with Gasteiger partial charge >= 0.3 is 0 Å². The molecule has 0 aliphatic rings. The highest BCUT2D eigenvalue weighted by atomic mass is 35.5. The van der Waals surface area contributed by atoms with Crippen molar-refractivity contribution in [3.63, 3.8) is 0 Å². The molecule has 2 aromatic rings. The first-order chi connectivity index (χ1) is 8.61. The molecular formula is C13H13Cl2N3. The summed E-state index contributed by atoms with van der Waals surface area (Å²) in [6.45, 7) is 1.96. The van der Waals surface area contributed by atoms with Crippen LogP contribution in [0.3, 0.4) is 0 Å². The van der Waals surface area contributed by atoms with Crippen LogP contribution in [-0.4, -0.2) is 4.98 Å². The van der Waals surface area contributed by atoms with Crippen molar-refractivity contribution in [3.05, 3.63) is 63.4 Å². The summed E-state index contributed by atoms with van der Waals surface area (Å²) >= 11 is 11.9. The molecule has 18 heavy (non-hydrogen) atoms. The molecule has 0 spiro atoms. The monoisotopic (exact) mass is 281 g/mol. The predicted molar refractivity (Wildman–Crippen MR) is 74.6 cm³/mol. The van der Waals surface area contributed by atoms with Crippen LogP contribution in [0.15, 0.2) is 36.5 Å². The number of aryl methyl sites for hydroxylation is 1. The lowest BCUT2D eigenvalue weighted by Gasteiger charge is -2.17. The lowest BCUT2D eigenvalue weighted by atomic mass is 10.00. The standard InChI is InChI=1S/C13H13Cl2N3/c1-8-2-3-9(6-11(8)14)13(18-16)10-4-5-12(15)17-7-10/h2-7,13,18H,16H2,1H3.